The van der Waals surface area contributed by atoms with E-state index >= 15 is 0 Å². The van der Waals surface area contributed by atoms with Gasteiger partial charge in [0, 0.05) is 11.6 Å². The fraction of sp³-hybridized carbons (Fsp3) is 0. The first-order valence-electron chi connectivity index (χ1n) is 5.44. The van der Waals surface area contributed by atoms with E-state index in [1.54, 1.807) is 6.07 Å². The van der Waals surface area contributed by atoms with Crippen molar-refractivity contribution in [2.24, 2.45) is 0 Å². The van der Waals surface area contributed by atoms with Crippen molar-refractivity contribution in [1.29, 1.82) is 0 Å². The monoisotopic (exact) mass is 289 g/mol. The highest BCUT2D eigenvalue weighted by molar-refractivity contribution is 7.99. The number of nitrogens with zero attached hydrogens (tertiary/aromatic N) is 4. The second-order valence-electron chi connectivity index (χ2n) is 3.61. The largest absolute Gasteiger partial charge is 0.254 e. The van der Waals surface area contributed by atoms with Crippen molar-refractivity contribution in [3.8, 4) is 11.4 Å². The number of benzene rings is 1. The van der Waals surface area contributed by atoms with Crippen molar-refractivity contribution in [3.63, 3.8) is 0 Å². The van der Waals surface area contributed by atoms with Gasteiger partial charge in [0.05, 0.1) is 0 Å². The lowest BCUT2D eigenvalue weighted by Crippen LogP contribution is -1.92. The van der Waals surface area contributed by atoms with Crippen LogP contribution in [0.2, 0.25) is 5.15 Å². The zero-order valence-corrected chi connectivity index (χ0v) is 11.2. The summed E-state index contributed by atoms with van der Waals surface area (Å²) in [5, 5.41) is 8.33. The fourth-order valence-corrected chi connectivity index (χ4v) is 2.46. The Morgan fingerprint density at radius 3 is 2.68 bits per heavy atom. The van der Waals surface area contributed by atoms with Crippen LogP contribution in [0.3, 0.4) is 0 Å². The number of halogens is 1. The average Bonchev–Trinajstić information content (AvgIpc) is 2.92. The summed E-state index contributed by atoms with van der Waals surface area (Å²) in [6, 6.07) is 11.4. The normalized spacial score (nSPS) is 10.6. The smallest absolute Gasteiger partial charge is 0.189 e. The van der Waals surface area contributed by atoms with E-state index in [9.17, 15) is 0 Å². The van der Waals surface area contributed by atoms with Crippen LogP contribution in [-0.4, -0.2) is 25.1 Å². The highest BCUT2D eigenvalue weighted by atomic mass is 35.5. The van der Waals surface area contributed by atoms with E-state index in [4.69, 9.17) is 11.6 Å². The van der Waals surface area contributed by atoms with Crippen LogP contribution in [-0.2, 0) is 0 Å². The number of nitrogens with one attached hydrogen (secondary N) is 1. The SMILES string of the molecule is Clc1cc(Sc2ncn[nH]2)nc(-c2ccccc2)n1. The molecule has 0 aliphatic heterocycles. The Kier molecular flexibility index (Phi) is 3.43. The Labute approximate surface area is 118 Å². The zero-order chi connectivity index (χ0) is 13.1. The first-order chi connectivity index (χ1) is 9.31. The Morgan fingerprint density at radius 1 is 1.11 bits per heavy atom. The summed E-state index contributed by atoms with van der Waals surface area (Å²) in [6.45, 7) is 0. The molecule has 0 bridgehead atoms. The van der Waals surface area contributed by atoms with Gasteiger partial charge in [0.1, 0.15) is 16.5 Å². The van der Waals surface area contributed by atoms with Crippen LogP contribution in [0.15, 0.2) is 52.9 Å². The molecule has 0 spiro atoms. The summed E-state index contributed by atoms with van der Waals surface area (Å²) in [4.78, 5) is 12.7. The molecular weight excluding hydrogens is 282 g/mol. The Bertz CT molecular complexity index is 672. The van der Waals surface area contributed by atoms with Crippen LogP contribution in [0.25, 0.3) is 11.4 Å². The second kappa shape index (κ2) is 5.38. The van der Waals surface area contributed by atoms with Crippen molar-refractivity contribution >= 4 is 23.4 Å². The minimum atomic E-state index is 0.399. The topological polar surface area (TPSA) is 67.3 Å². The number of hydrogen-bond donors (Lipinski definition) is 1. The first kappa shape index (κ1) is 12.1. The molecule has 1 aromatic carbocycles. The quantitative estimate of drug-likeness (QED) is 0.751. The third-order valence-corrected chi connectivity index (χ3v) is 3.30. The summed E-state index contributed by atoms with van der Waals surface area (Å²) in [5.41, 5.74) is 0.921. The van der Waals surface area contributed by atoms with Gasteiger partial charge in [-0.05, 0) is 11.8 Å². The van der Waals surface area contributed by atoms with Gasteiger partial charge in [0.15, 0.2) is 11.0 Å². The minimum absolute atomic E-state index is 0.399. The van der Waals surface area contributed by atoms with Gasteiger partial charge in [-0.1, -0.05) is 41.9 Å². The molecular formula is C12H8ClN5S. The van der Waals surface area contributed by atoms with E-state index in [0.717, 1.165) is 10.6 Å². The Morgan fingerprint density at radius 2 is 1.95 bits per heavy atom. The molecule has 0 unspecified atom stereocenters. The van der Waals surface area contributed by atoms with Gasteiger partial charge in [-0.3, -0.25) is 5.10 Å². The van der Waals surface area contributed by atoms with E-state index in [1.165, 1.54) is 18.1 Å². The van der Waals surface area contributed by atoms with E-state index in [0.29, 0.717) is 16.1 Å². The minimum Gasteiger partial charge on any atom is -0.254 e. The molecule has 0 amide bonds. The van der Waals surface area contributed by atoms with Gasteiger partial charge in [0.25, 0.3) is 0 Å². The Hall–Kier alpha value is -1.92. The molecule has 0 saturated carbocycles. The van der Waals surface area contributed by atoms with Crippen molar-refractivity contribution < 1.29 is 0 Å². The van der Waals surface area contributed by atoms with E-state index in [1.807, 2.05) is 30.3 Å². The molecule has 94 valence electrons. The molecule has 0 radical (unpaired) electrons. The predicted octanol–water partition coefficient (Wildman–Crippen LogP) is 3.07. The fourth-order valence-electron chi connectivity index (χ4n) is 1.51. The van der Waals surface area contributed by atoms with Gasteiger partial charge in [0.2, 0.25) is 0 Å². The molecule has 7 heteroatoms. The van der Waals surface area contributed by atoms with E-state index < -0.39 is 0 Å². The summed E-state index contributed by atoms with van der Waals surface area (Å²) in [6.07, 6.45) is 1.45. The summed E-state index contributed by atoms with van der Waals surface area (Å²) in [5.74, 6) is 0.593. The molecule has 0 saturated heterocycles. The molecule has 3 rings (SSSR count). The highest BCUT2D eigenvalue weighted by Gasteiger charge is 2.08. The van der Waals surface area contributed by atoms with Gasteiger partial charge >= 0.3 is 0 Å². The molecule has 0 fully saturated rings. The van der Waals surface area contributed by atoms with E-state index in [2.05, 4.69) is 25.1 Å². The lowest BCUT2D eigenvalue weighted by atomic mass is 10.2. The molecule has 0 atom stereocenters. The lowest BCUT2D eigenvalue weighted by molar-refractivity contribution is 0.964. The third-order valence-electron chi connectivity index (χ3n) is 2.30. The van der Waals surface area contributed by atoms with Gasteiger partial charge in [-0.2, -0.15) is 5.10 Å². The van der Waals surface area contributed by atoms with Crippen LogP contribution >= 0.6 is 23.4 Å². The average molecular weight is 290 g/mol. The van der Waals surface area contributed by atoms with Crippen molar-refractivity contribution in [3.05, 3.63) is 47.9 Å². The van der Waals surface area contributed by atoms with E-state index in [-0.39, 0.29) is 0 Å². The summed E-state index contributed by atoms with van der Waals surface area (Å²) >= 11 is 7.38. The standard InChI is InChI=1S/C12H8ClN5S/c13-9-6-10(19-12-14-7-15-18-12)17-11(16-9)8-4-2-1-3-5-8/h1-7H,(H,14,15,18). The van der Waals surface area contributed by atoms with Crippen molar-refractivity contribution in [2.45, 2.75) is 10.2 Å². The molecule has 3 aromatic rings. The number of H-pyrrole nitrogens is 1. The highest BCUT2D eigenvalue weighted by Crippen LogP contribution is 2.26. The molecule has 5 nitrogen and oxygen atoms in total. The van der Waals surface area contributed by atoms with Crippen molar-refractivity contribution in [1.82, 2.24) is 25.1 Å². The van der Waals surface area contributed by atoms with Gasteiger partial charge in [-0.25, -0.2) is 15.0 Å². The molecule has 0 aliphatic carbocycles. The maximum atomic E-state index is 6.03. The molecule has 2 heterocycles. The Balaban J connectivity index is 1.97. The number of aromatic nitrogens is 5. The number of rotatable bonds is 3. The molecule has 2 aromatic heterocycles. The first-order valence-corrected chi connectivity index (χ1v) is 6.64. The second-order valence-corrected chi connectivity index (χ2v) is 5.01. The number of hydrogen-bond acceptors (Lipinski definition) is 5. The molecule has 19 heavy (non-hydrogen) atoms. The summed E-state index contributed by atoms with van der Waals surface area (Å²) in [7, 11) is 0. The number of aromatic amines is 1. The van der Waals surface area contributed by atoms with Crippen molar-refractivity contribution in [2.75, 3.05) is 0 Å². The molecule has 0 aliphatic rings. The molecule has 1 N–H and O–H groups in total. The third kappa shape index (κ3) is 2.91. The van der Waals surface area contributed by atoms with Crippen LogP contribution in [0.5, 0.6) is 0 Å². The maximum absolute atomic E-state index is 6.03. The van der Waals surface area contributed by atoms with Crippen LogP contribution in [0.1, 0.15) is 0 Å². The van der Waals surface area contributed by atoms with Crippen LogP contribution in [0.4, 0.5) is 0 Å². The van der Waals surface area contributed by atoms with Gasteiger partial charge in [-0.15, -0.1) is 0 Å². The maximum Gasteiger partial charge on any atom is 0.189 e. The van der Waals surface area contributed by atoms with Crippen LogP contribution < -0.4 is 0 Å². The zero-order valence-electron chi connectivity index (χ0n) is 9.62. The predicted molar refractivity (Wildman–Crippen MR) is 73.0 cm³/mol. The van der Waals surface area contributed by atoms with Gasteiger partial charge < -0.3 is 0 Å². The van der Waals surface area contributed by atoms with Crippen LogP contribution in [0, 0.1) is 0 Å². The lowest BCUT2D eigenvalue weighted by Gasteiger charge is -2.03. The summed E-state index contributed by atoms with van der Waals surface area (Å²) < 4.78 is 0.